The van der Waals surface area contributed by atoms with Crippen molar-refractivity contribution >= 4 is 11.7 Å². The van der Waals surface area contributed by atoms with Crippen LogP contribution >= 0.6 is 0 Å². The molecule has 2 fully saturated rings. The lowest BCUT2D eigenvalue weighted by atomic mass is 9.55. The number of phenolic OH excluding ortho intramolecular Hbond substituents is 1. The molecule has 3 aliphatic rings. The van der Waals surface area contributed by atoms with Crippen molar-refractivity contribution in [3.8, 4) is 11.5 Å². The summed E-state index contributed by atoms with van der Waals surface area (Å²) in [6.07, 6.45) is 11.6. The molecule has 1 amide bonds. The zero-order chi connectivity index (χ0) is 26.7. The maximum absolute atomic E-state index is 12.7. The number of ketones is 1. The summed E-state index contributed by atoms with van der Waals surface area (Å²) >= 11 is 0. The Balaban J connectivity index is 1.11. The number of amides is 1. The van der Waals surface area contributed by atoms with Crippen LogP contribution < -0.4 is 10.1 Å². The summed E-state index contributed by atoms with van der Waals surface area (Å²) in [7, 11) is 1.77. The van der Waals surface area contributed by atoms with Crippen LogP contribution in [0.4, 0.5) is 0 Å². The Morgan fingerprint density at radius 1 is 1.05 bits per heavy atom. The van der Waals surface area contributed by atoms with Crippen molar-refractivity contribution in [2.45, 2.75) is 89.9 Å². The molecule has 2 aromatic rings. The molecule has 5 heteroatoms. The summed E-state index contributed by atoms with van der Waals surface area (Å²) in [5, 5.41) is 12.4. The number of carbonyl (C=O) groups excluding carboxylic acids is 2. The number of Topliss-reactive ketones (excluding diaryl/α,β-unsaturated/α-hetero) is 1. The van der Waals surface area contributed by atoms with Crippen molar-refractivity contribution in [2.24, 2.45) is 17.3 Å². The van der Waals surface area contributed by atoms with Gasteiger partial charge in [-0.25, -0.2) is 0 Å². The molecule has 0 aliphatic heterocycles. The van der Waals surface area contributed by atoms with Crippen LogP contribution in [-0.4, -0.2) is 30.5 Å². The van der Waals surface area contributed by atoms with Crippen LogP contribution in [0.25, 0.3) is 0 Å². The first kappa shape index (κ1) is 26.8. The lowest BCUT2D eigenvalue weighted by Gasteiger charge is -2.48. The summed E-state index contributed by atoms with van der Waals surface area (Å²) in [5.41, 5.74) is 5.29. The highest BCUT2D eigenvalue weighted by atomic mass is 16.5. The maximum Gasteiger partial charge on any atom is 0.220 e. The molecular formula is C33H43NO4. The fourth-order valence-electron chi connectivity index (χ4n) is 7.68. The molecule has 0 heterocycles. The highest BCUT2D eigenvalue weighted by molar-refractivity contribution is 5.87. The normalized spacial score (nSPS) is 25.8. The third kappa shape index (κ3) is 5.48. The zero-order valence-electron chi connectivity index (χ0n) is 23.1. The number of ether oxygens (including phenoxy) is 1. The third-order valence-electron chi connectivity index (χ3n) is 9.86. The van der Waals surface area contributed by atoms with Gasteiger partial charge in [0.1, 0.15) is 17.3 Å². The second-order valence-corrected chi connectivity index (χ2v) is 12.0. The Morgan fingerprint density at radius 3 is 2.66 bits per heavy atom. The Labute approximate surface area is 227 Å². The minimum Gasteiger partial charge on any atom is -0.508 e. The summed E-state index contributed by atoms with van der Waals surface area (Å²) in [6.45, 7) is 2.86. The van der Waals surface area contributed by atoms with Gasteiger partial charge >= 0.3 is 0 Å². The van der Waals surface area contributed by atoms with Crippen LogP contribution in [0.15, 0.2) is 36.4 Å². The minimum absolute atomic E-state index is 0.0776. The van der Waals surface area contributed by atoms with Crippen molar-refractivity contribution in [2.75, 3.05) is 13.7 Å². The quantitative estimate of drug-likeness (QED) is 0.363. The summed E-state index contributed by atoms with van der Waals surface area (Å²) in [6, 6.07) is 11.8. The van der Waals surface area contributed by atoms with E-state index in [1.54, 1.807) is 19.2 Å². The molecule has 5 nitrogen and oxygen atoms in total. The van der Waals surface area contributed by atoms with E-state index in [0.717, 1.165) is 75.5 Å². The molecular weight excluding hydrogens is 474 g/mol. The Kier molecular flexibility index (Phi) is 8.11. The fourth-order valence-corrected chi connectivity index (χ4v) is 7.68. The average Bonchev–Trinajstić information content (AvgIpc) is 3.23. The topological polar surface area (TPSA) is 75.6 Å². The average molecular weight is 518 g/mol. The molecule has 38 heavy (non-hydrogen) atoms. The van der Waals surface area contributed by atoms with Crippen molar-refractivity contribution in [1.29, 1.82) is 0 Å². The second-order valence-electron chi connectivity index (χ2n) is 12.0. The summed E-state index contributed by atoms with van der Waals surface area (Å²) < 4.78 is 5.81. The number of nitrogens with one attached hydrogen (secondary N) is 1. The maximum atomic E-state index is 12.7. The predicted molar refractivity (Wildman–Crippen MR) is 150 cm³/mol. The first-order chi connectivity index (χ1) is 18.4. The van der Waals surface area contributed by atoms with Gasteiger partial charge in [-0.2, -0.15) is 0 Å². The molecule has 0 spiro atoms. The van der Waals surface area contributed by atoms with Crippen molar-refractivity contribution in [3.63, 3.8) is 0 Å². The Bertz CT molecular complexity index is 1160. The molecule has 2 saturated carbocycles. The van der Waals surface area contributed by atoms with Gasteiger partial charge in [-0.1, -0.05) is 31.5 Å². The standard InChI is InChI=1S/C33H43NO4/c1-33-18-16-26-27(29(33)14-15-31(33)36)13-10-23-21-30(38-2)24(20-28(23)26)6-4-3-5-7-32(37)34-19-17-22-8-11-25(35)12-9-22/h8-9,11-12,20-21,26-27,29,35H,3-7,10,13-19H2,1-2H3,(H,34,37)/t26?,27?,29?,33-/m0/s1. The number of aryl methyl sites for hydroxylation is 2. The number of rotatable bonds is 10. The van der Waals surface area contributed by atoms with Crippen LogP contribution in [0.1, 0.15) is 92.9 Å². The van der Waals surface area contributed by atoms with E-state index >= 15 is 0 Å². The first-order valence-corrected chi connectivity index (χ1v) is 14.7. The molecule has 2 aromatic carbocycles. The molecule has 0 bridgehead atoms. The zero-order valence-corrected chi connectivity index (χ0v) is 23.1. The van der Waals surface area contributed by atoms with Gasteiger partial charge in [-0.3, -0.25) is 9.59 Å². The van der Waals surface area contributed by atoms with E-state index < -0.39 is 0 Å². The first-order valence-electron chi connectivity index (χ1n) is 14.7. The van der Waals surface area contributed by atoms with Crippen molar-refractivity contribution < 1.29 is 19.4 Å². The number of methoxy groups -OCH3 is 1. The largest absolute Gasteiger partial charge is 0.508 e. The van der Waals surface area contributed by atoms with Crippen LogP contribution in [0, 0.1) is 17.3 Å². The molecule has 5 rings (SSSR count). The molecule has 3 unspecified atom stereocenters. The molecule has 4 atom stereocenters. The van der Waals surface area contributed by atoms with E-state index in [9.17, 15) is 14.7 Å². The number of hydrogen-bond acceptors (Lipinski definition) is 4. The van der Waals surface area contributed by atoms with Gasteiger partial charge in [-0.15, -0.1) is 0 Å². The van der Waals surface area contributed by atoms with E-state index in [2.05, 4.69) is 24.4 Å². The number of phenols is 1. The van der Waals surface area contributed by atoms with Gasteiger partial charge in [0.15, 0.2) is 0 Å². The van der Waals surface area contributed by atoms with Gasteiger partial charge in [0.2, 0.25) is 5.91 Å². The number of hydrogen-bond donors (Lipinski definition) is 2. The van der Waals surface area contributed by atoms with Crippen LogP contribution in [-0.2, 0) is 28.9 Å². The van der Waals surface area contributed by atoms with E-state index in [0.29, 0.717) is 36.5 Å². The number of carbonyl (C=O) groups is 2. The SMILES string of the molecule is COc1cc2c(cc1CCCCCC(=O)NCCc1ccc(O)cc1)C1CC[C@]3(C)C(=O)CCC3C1CC2. The third-order valence-corrected chi connectivity index (χ3v) is 9.86. The highest BCUT2D eigenvalue weighted by Crippen LogP contribution is 2.59. The minimum atomic E-state index is -0.0776. The number of unbranched alkanes of at least 4 members (excludes halogenated alkanes) is 2. The molecule has 0 saturated heterocycles. The smallest absolute Gasteiger partial charge is 0.220 e. The molecule has 3 aliphatic carbocycles. The van der Waals surface area contributed by atoms with Crippen LogP contribution in [0.3, 0.4) is 0 Å². The lowest BCUT2D eigenvalue weighted by Crippen LogP contribution is -2.42. The van der Waals surface area contributed by atoms with Gasteiger partial charge in [-0.05, 0) is 116 Å². The van der Waals surface area contributed by atoms with Gasteiger partial charge in [0.05, 0.1) is 7.11 Å². The van der Waals surface area contributed by atoms with Crippen LogP contribution in [0.5, 0.6) is 11.5 Å². The second kappa shape index (κ2) is 11.5. The number of aromatic hydroxyl groups is 1. The molecule has 0 aromatic heterocycles. The predicted octanol–water partition coefficient (Wildman–Crippen LogP) is 6.29. The number of benzene rings is 2. The van der Waals surface area contributed by atoms with Gasteiger partial charge in [0.25, 0.3) is 0 Å². The summed E-state index contributed by atoms with van der Waals surface area (Å²) in [5.74, 6) is 3.66. The molecule has 2 N–H and O–H groups in total. The monoisotopic (exact) mass is 517 g/mol. The number of fused-ring (bicyclic) bond motifs is 5. The fraction of sp³-hybridized carbons (Fsp3) is 0.576. The molecule has 0 radical (unpaired) electrons. The van der Waals surface area contributed by atoms with E-state index in [1.165, 1.54) is 23.1 Å². The van der Waals surface area contributed by atoms with Crippen LogP contribution in [0.2, 0.25) is 0 Å². The highest BCUT2D eigenvalue weighted by Gasteiger charge is 2.54. The van der Waals surface area contributed by atoms with Crippen molar-refractivity contribution in [3.05, 3.63) is 58.7 Å². The molecule has 204 valence electrons. The lowest BCUT2D eigenvalue weighted by molar-refractivity contribution is -0.129. The Hall–Kier alpha value is -2.82. The van der Waals surface area contributed by atoms with Gasteiger partial charge < -0.3 is 15.2 Å². The van der Waals surface area contributed by atoms with E-state index in [-0.39, 0.29) is 17.1 Å². The van der Waals surface area contributed by atoms with E-state index in [4.69, 9.17) is 4.74 Å². The summed E-state index contributed by atoms with van der Waals surface area (Å²) in [4.78, 5) is 24.9. The van der Waals surface area contributed by atoms with E-state index in [1.807, 2.05) is 12.1 Å². The Morgan fingerprint density at radius 2 is 1.87 bits per heavy atom. The van der Waals surface area contributed by atoms with Gasteiger partial charge in [0, 0.05) is 24.8 Å². The van der Waals surface area contributed by atoms with Crippen molar-refractivity contribution in [1.82, 2.24) is 5.32 Å².